The van der Waals surface area contributed by atoms with Gasteiger partial charge in [0.2, 0.25) is 0 Å². The van der Waals surface area contributed by atoms with Crippen LogP contribution in [0.5, 0.6) is 11.5 Å². The van der Waals surface area contributed by atoms with Crippen LogP contribution in [-0.2, 0) is 6.54 Å². The molecule has 2 nitrogen and oxygen atoms in total. The second kappa shape index (κ2) is 7.25. The van der Waals surface area contributed by atoms with Crippen LogP contribution in [0.2, 0.25) is 5.02 Å². The van der Waals surface area contributed by atoms with Crippen molar-refractivity contribution in [3.05, 3.63) is 57.3 Å². The van der Waals surface area contributed by atoms with E-state index >= 15 is 0 Å². The van der Waals surface area contributed by atoms with Crippen molar-refractivity contribution in [2.45, 2.75) is 26.4 Å². The van der Waals surface area contributed by atoms with Gasteiger partial charge in [-0.15, -0.1) is 0 Å². The van der Waals surface area contributed by atoms with Gasteiger partial charge in [-0.05, 0) is 35.9 Å². The molecule has 0 saturated heterocycles. The van der Waals surface area contributed by atoms with Gasteiger partial charge in [0.25, 0.3) is 0 Å². The molecule has 0 unspecified atom stereocenters. The number of rotatable bonds is 5. The third kappa shape index (κ3) is 4.70. The Morgan fingerprint density at radius 1 is 1.19 bits per heavy atom. The van der Waals surface area contributed by atoms with Crippen molar-refractivity contribution in [1.82, 2.24) is 5.32 Å². The number of ether oxygens (including phenoxy) is 1. The van der Waals surface area contributed by atoms with Crippen LogP contribution in [0.25, 0.3) is 0 Å². The fourth-order valence-corrected chi connectivity index (χ4v) is 2.23. The summed E-state index contributed by atoms with van der Waals surface area (Å²) in [7, 11) is 0. The van der Waals surface area contributed by atoms with E-state index in [1.165, 1.54) is 6.07 Å². The summed E-state index contributed by atoms with van der Waals surface area (Å²) in [6.07, 6.45) is 0. The normalized spacial score (nSPS) is 11.0. The Morgan fingerprint density at radius 3 is 2.62 bits per heavy atom. The maximum atomic E-state index is 14.1. The van der Waals surface area contributed by atoms with Crippen LogP contribution < -0.4 is 10.1 Å². The average Bonchev–Trinajstić information content (AvgIpc) is 2.43. The number of nitrogens with one attached hydrogen (secondary N) is 1. The molecule has 0 aliphatic rings. The van der Waals surface area contributed by atoms with Gasteiger partial charge in [-0.25, -0.2) is 4.39 Å². The quantitative estimate of drug-likeness (QED) is 0.745. The van der Waals surface area contributed by atoms with Gasteiger partial charge in [0, 0.05) is 17.1 Å². The van der Waals surface area contributed by atoms with Gasteiger partial charge < -0.3 is 10.1 Å². The molecule has 0 radical (unpaired) electrons. The molecule has 2 aromatic rings. The fourth-order valence-electron chi connectivity index (χ4n) is 1.73. The van der Waals surface area contributed by atoms with Crippen LogP contribution in [0, 0.1) is 5.82 Å². The average molecular weight is 373 g/mol. The first-order chi connectivity index (χ1) is 9.95. The van der Waals surface area contributed by atoms with Gasteiger partial charge in [-0.2, -0.15) is 0 Å². The van der Waals surface area contributed by atoms with Gasteiger partial charge in [-0.3, -0.25) is 0 Å². The van der Waals surface area contributed by atoms with Gasteiger partial charge in [0.1, 0.15) is 5.75 Å². The maximum Gasteiger partial charge on any atom is 0.166 e. The van der Waals surface area contributed by atoms with Crippen molar-refractivity contribution in [1.29, 1.82) is 0 Å². The lowest BCUT2D eigenvalue weighted by atomic mass is 10.2. The van der Waals surface area contributed by atoms with Crippen LogP contribution in [-0.4, -0.2) is 6.04 Å². The molecule has 2 rings (SSSR count). The molecule has 2 aromatic carbocycles. The molecule has 1 N–H and O–H groups in total. The fraction of sp³-hybridized carbons (Fsp3) is 0.250. The highest BCUT2D eigenvalue weighted by Crippen LogP contribution is 2.33. The van der Waals surface area contributed by atoms with E-state index in [0.717, 1.165) is 10.0 Å². The van der Waals surface area contributed by atoms with E-state index in [-0.39, 0.29) is 5.75 Å². The summed E-state index contributed by atoms with van der Waals surface area (Å²) in [4.78, 5) is 0. The minimum absolute atomic E-state index is 0.156. The monoisotopic (exact) mass is 371 g/mol. The highest BCUT2D eigenvalue weighted by atomic mass is 79.9. The first-order valence-corrected chi connectivity index (χ1v) is 7.77. The lowest BCUT2D eigenvalue weighted by molar-refractivity contribution is 0.441. The van der Waals surface area contributed by atoms with Gasteiger partial charge >= 0.3 is 0 Å². The molecule has 0 aliphatic carbocycles. The predicted molar refractivity (Wildman–Crippen MR) is 87.6 cm³/mol. The summed E-state index contributed by atoms with van der Waals surface area (Å²) in [6, 6.07) is 10.5. The third-order valence-corrected chi connectivity index (χ3v) is 3.63. The van der Waals surface area contributed by atoms with Crippen molar-refractivity contribution in [2.75, 3.05) is 0 Å². The molecule has 0 spiro atoms. The third-order valence-electron chi connectivity index (χ3n) is 2.82. The summed E-state index contributed by atoms with van der Waals surface area (Å²) in [5.74, 6) is 0.162. The van der Waals surface area contributed by atoms with Gasteiger partial charge in [0.15, 0.2) is 11.6 Å². The van der Waals surface area contributed by atoms with Crippen LogP contribution >= 0.6 is 27.5 Å². The summed E-state index contributed by atoms with van der Waals surface area (Å²) < 4.78 is 20.4. The Kier molecular flexibility index (Phi) is 5.62. The lowest BCUT2D eigenvalue weighted by Crippen LogP contribution is -2.21. The van der Waals surface area contributed by atoms with Crippen molar-refractivity contribution < 1.29 is 9.13 Å². The van der Waals surface area contributed by atoms with Gasteiger partial charge in [0.05, 0.1) is 5.02 Å². The Bertz CT molecular complexity index is 634. The maximum absolute atomic E-state index is 14.1. The Balaban J connectivity index is 2.15. The van der Waals surface area contributed by atoms with Crippen molar-refractivity contribution >= 4 is 27.5 Å². The van der Waals surface area contributed by atoms with E-state index in [4.69, 9.17) is 16.3 Å². The summed E-state index contributed by atoms with van der Waals surface area (Å²) >= 11 is 9.37. The molecular formula is C16H16BrClFNO. The van der Waals surface area contributed by atoms with E-state index < -0.39 is 5.82 Å². The smallest absolute Gasteiger partial charge is 0.166 e. The molecule has 0 bridgehead atoms. The molecule has 0 amide bonds. The number of halogens is 3. The number of benzene rings is 2. The standard InChI is InChI=1S/C16H16BrClFNO/c1-10(2)20-9-11-3-6-15(14(19)7-11)21-16-8-12(17)4-5-13(16)18/h3-8,10,20H,9H2,1-2H3. The van der Waals surface area contributed by atoms with E-state index in [1.807, 2.05) is 19.9 Å². The molecule has 0 saturated carbocycles. The predicted octanol–water partition coefficient (Wildman–Crippen LogP) is 5.53. The van der Waals surface area contributed by atoms with E-state index in [9.17, 15) is 4.39 Å². The molecule has 0 atom stereocenters. The SMILES string of the molecule is CC(C)NCc1ccc(Oc2cc(Br)ccc2Cl)c(F)c1. The van der Waals surface area contributed by atoms with E-state index in [1.54, 1.807) is 24.3 Å². The second-order valence-corrected chi connectivity index (χ2v) is 6.30. The molecule has 112 valence electrons. The van der Waals surface area contributed by atoms with Crippen LogP contribution in [0.4, 0.5) is 4.39 Å². The number of hydrogen-bond donors (Lipinski definition) is 1. The Labute approximate surface area is 137 Å². The minimum atomic E-state index is -0.408. The second-order valence-electron chi connectivity index (χ2n) is 4.98. The molecular weight excluding hydrogens is 357 g/mol. The lowest BCUT2D eigenvalue weighted by Gasteiger charge is -2.11. The summed E-state index contributed by atoms with van der Waals surface area (Å²) in [5, 5.41) is 3.67. The molecule has 21 heavy (non-hydrogen) atoms. The largest absolute Gasteiger partial charge is 0.453 e. The molecule has 0 aliphatic heterocycles. The topological polar surface area (TPSA) is 21.3 Å². The zero-order valence-corrected chi connectivity index (χ0v) is 14.1. The van der Waals surface area contributed by atoms with Gasteiger partial charge in [-0.1, -0.05) is 47.4 Å². The first-order valence-electron chi connectivity index (χ1n) is 6.60. The van der Waals surface area contributed by atoms with Crippen LogP contribution in [0.1, 0.15) is 19.4 Å². The highest BCUT2D eigenvalue weighted by Gasteiger charge is 2.09. The van der Waals surface area contributed by atoms with Crippen molar-refractivity contribution in [3.63, 3.8) is 0 Å². The Morgan fingerprint density at radius 2 is 1.95 bits per heavy atom. The minimum Gasteiger partial charge on any atom is -0.453 e. The Hall–Kier alpha value is -1.10. The molecule has 0 fully saturated rings. The zero-order valence-electron chi connectivity index (χ0n) is 11.8. The highest BCUT2D eigenvalue weighted by molar-refractivity contribution is 9.10. The zero-order chi connectivity index (χ0) is 15.4. The number of hydrogen-bond acceptors (Lipinski definition) is 2. The molecule has 0 aromatic heterocycles. The van der Waals surface area contributed by atoms with E-state index in [2.05, 4.69) is 21.2 Å². The molecule has 5 heteroatoms. The van der Waals surface area contributed by atoms with Crippen molar-refractivity contribution in [2.24, 2.45) is 0 Å². The summed E-state index contributed by atoms with van der Waals surface area (Å²) in [5.41, 5.74) is 0.869. The summed E-state index contributed by atoms with van der Waals surface area (Å²) in [6.45, 7) is 4.71. The van der Waals surface area contributed by atoms with Crippen molar-refractivity contribution in [3.8, 4) is 11.5 Å². The van der Waals surface area contributed by atoms with Crippen LogP contribution in [0.3, 0.4) is 0 Å². The van der Waals surface area contributed by atoms with Crippen LogP contribution in [0.15, 0.2) is 40.9 Å². The van der Waals surface area contributed by atoms with E-state index in [0.29, 0.717) is 23.4 Å². The first kappa shape index (κ1) is 16.3. The molecule has 0 heterocycles.